The summed E-state index contributed by atoms with van der Waals surface area (Å²) in [6.45, 7) is 0.268. The third-order valence-electron chi connectivity index (χ3n) is 2.87. The Hall–Kier alpha value is -3.01. The second kappa shape index (κ2) is 6.43. The number of aromatic nitrogens is 1. The van der Waals surface area contributed by atoms with Crippen molar-refractivity contribution in [2.45, 2.75) is 6.42 Å². The van der Waals surface area contributed by atoms with Crippen molar-refractivity contribution >= 4 is 11.5 Å². The molecule has 2 aromatic rings. The Labute approximate surface area is 120 Å². The largest absolute Gasteiger partial charge is 0.364 e. The van der Waals surface area contributed by atoms with E-state index in [4.69, 9.17) is 5.26 Å². The molecule has 2 rings (SSSR count). The summed E-state index contributed by atoms with van der Waals surface area (Å²) in [5.74, 6) is -0.317. The number of benzene rings is 1. The van der Waals surface area contributed by atoms with Crippen molar-refractivity contribution < 1.29 is 9.31 Å². The molecule has 1 N–H and O–H groups in total. The van der Waals surface area contributed by atoms with E-state index in [9.17, 15) is 14.5 Å². The van der Waals surface area contributed by atoms with Crippen LogP contribution in [0.15, 0.2) is 36.5 Å². The Morgan fingerprint density at radius 2 is 2.14 bits per heavy atom. The third kappa shape index (κ3) is 3.30. The van der Waals surface area contributed by atoms with Crippen LogP contribution in [0.1, 0.15) is 11.1 Å². The van der Waals surface area contributed by atoms with Crippen molar-refractivity contribution in [2.24, 2.45) is 0 Å². The summed E-state index contributed by atoms with van der Waals surface area (Å²) in [6.07, 6.45) is 1.67. The lowest BCUT2D eigenvalue weighted by Gasteiger charge is -2.07. The summed E-state index contributed by atoms with van der Waals surface area (Å²) in [4.78, 5) is 14.2. The second-order valence-electron chi connectivity index (χ2n) is 4.19. The van der Waals surface area contributed by atoms with Crippen LogP contribution in [0, 0.1) is 27.3 Å². The molecule has 1 aromatic heterocycles. The summed E-state index contributed by atoms with van der Waals surface area (Å²) < 4.78 is 13.4. The minimum absolute atomic E-state index is 0.00962. The van der Waals surface area contributed by atoms with Gasteiger partial charge < -0.3 is 5.32 Å². The lowest BCUT2D eigenvalue weighted by Crippen LogP contribution is -2.10. The number of nitrogens with zero attached hydrogens (tertiary/aromatic N) is 3. The fraction of sp³-hybridized carbons (Fsp3) is 0.143. The molecule has 0 atom stereocenters. The molecule has 0 saturated heterocycles. The molecular formula is C14H11FN4O2. The van der Waals surface area contributed by atoms with E-state index in [2.05, 4.69) is 10.3 Å². The van der Waals surface area contributed by atoms with Crippen molar-refractivity contribution in [2.75, 3.05) is 11.9 Å². The van der Waals surface area contributed by atoms with Crippen molar-refractivity contribution in [1.82, 2.24) is 4.98 Å². The van der Waals surface area contributed by atoms with Gasteiger partial charge in [-0.2, -0.15) is 5.26 Å². The standard InChI is InChI=1S/C14H11FN4O2/c15-12-4-2-1-3-10(12)5-7-17-14-13(19(20)21)11(9-16)6-8-18-14/h1-4,6,8H,5,7H2,(H,17,18). The van der Waals surface area contributed by atoms with Gasteiger partial charge in [-0.05, 0) is 24.1 Å². The molecule has 0 aliphatic rings. The minimum Gasteiger partial charge on any atom is -0.364 e. The van der Waals surface area contributed by atoms with E-state index in [1.54, 1.807) is 24.3 Å². The average Bonchev–Trinajstić information content (AvgIpc) is 2.48. The van der Waals surface area contributed by atoms with E-state index >= 15 is 0 Å². The van der Waals surface area contributed by atoms with E-state index in [1.165, 1.54) is 18.3 Å². The highest BCUT2D eigenvalue weighted by Gasteiger charge is 2.20. The third-order valence-corrected chi connectivity index (χ3v) is 2.87. The first-order chi connectivity index (χ1) is 10.1. The molecule has 0 saturated carbocycles. The van der Waals surface area contributed by atoms with Gasteiger partial charge in [-0.15, -0.1) is 0 Å². The van der Waals surface area contributed by atoms with Gasteiger partial charge in [0.1, 0.15) is 17.4 Å². The quantitative estimate of drug-likeness (QED) is 0.673. The number of hydrogen-bond donors (Lipinski definition) is 1. The Morgan fingerprint density at radius 3 is 2.81 bits per heavy atom. The van der Waals surface area contributed by atoms with Gasteiger partial charge >= 0.3 is 5.69 Å². The van der Waals surface area contributed by atoms with Crippen LogP contribution in [-0.2, 0) is 6.42 Å². The molecule has 1 heterocycles. The lowest BCUT2D eigenvalue weighted by molar-refractivity contribution is -0.384. The Morgan fingerprint density at radius 1 is 1.38 bits per heavy atom. The number of rotatable bonds is 5. The van der Waals surface area contributed by atoms with Gasteiger partial charge in [0.2, 0.25) is 5.82 Å². The fourth-order valence-corrected chi connectivity index (χ4v) is 1.88. The molecule has 21 heavy (non-hydrogen) atoms. The van der Waals surface area contributed by atoms with Gasteiger partial charge in [0.25, 0.3) is 0 Å². The second-order valence-corrected chi connectivity index (χ2v) is 4.19. The fourth-order valence-electron chi connectivity index (χ4n) is 1.88. The summed E-state index contributed by atoms with van der Waals surface area (Å²) >= 11 is 0. The van der Waals surface area contributed by atoms with Crippen LogP contribution >= 0.6 is 0 Å². The SMILES string of the molecule is N#Cc1ccnc(NCCc2ccccc2F)c1[N+](=O)[O-]. The molecule has 0 radical (unpaired) electrons. The summed E-state index contributed by atoms with van der Waals surface area (Å²) in [5, 5.41) is 22.6. The summed E-state index contributed by atoms with van der Waals surface area (Å²) in [7, 11) is 0. The highest BCUT2D eigenvalue weighted by Crippen LogP contribution is 2.25. The molecule has 0 spiro atoms. The predicted octanol–water partition coefficient (Wildman–Crippen LogP) is 2.66. The smallest absolute Gasteiger partial charge is 0.328 e. The zero-order valence-corrected chi connectivity index (χ0v) is 10.9. The number of hydrogen-bond acceptors (Lipinski definition) is 5. The number of nitriles is 1. The van der Waals surface area contributed by atoms with Crippen LogP contribution in [0.3, 0.4) is 0 Å². The zero-order chi connectivity index (χ0) is 15.2. The first-order valence-corrected chi connectivity index (χ1v) is 6.14. The maximum absolute atomic E-state index is 13.4. The molecule has 0 fully saturated rings. The van der Waals surface area contributed by atoms with Crippen molar-refractivity contribution in [3.05, 3.63) is 63.6 Å². The summed E-state index contributed by atoms with van der Waals surface area (Å²) in [5.41, 5.74) is 0.0704. The first-order valence-electron chi connectivity index (χ1n) is 6.14. The van der Waals surface area contributed by atoms with Crippen LogP contribution in [0.25, 0.3) is 0 Å². The van der Waals surface area contributed by atoms with E-state index in [-0.39, 0.29) is 29.4 Å². The number of nitro groups is 1. The van der Waals surface area contributed by atoms with E-state index in [0.717, 1.165) is 0 Å². The molecule has 106 valence electrons. The van der Waals surface area contributed by atoms with E-state index in [1.807, 2.05) is 0 Å². The molecule has 7 heteroatoms. The Balaban J connectivity index is 2.13. The van der Waals surface area contributed by atoms with Crippen LogP contribution < -0.4 is 5.32 Å². The predicted molar refractivity (Wildman–Crippen MR) is 74.2 cm³/mol. The van der Waals surface area contributed by atoms with Gasteiger partial charge in [0.05, 0.1) is 4.92 Å². The maximum Gasteiger partial charge on any atom is 0.328 e. The Bertz CT molecular complexity index is 712. The average molecular weight is 286 g/mol. The number of pyridine rings is 1. The van der Waals surface area contributed by atoms with Crippen molar-refractivity contribution in [3.63, 3.8) is 0 Å². The van der Waals surface area contributed by atoms with Crippen LogP contribution in [0.5, 0.6) is 0 Å². The normalized spacial score (nSPS) is 9.90. The molecule has 6 nitrogen and oxygen atoms in total. The molecule has 0 amide bonds. The van der Waals surface area contributed by atoms with E-state index in [0.29, 0.717) is 12.0 Å². The van der Waals surface area contributed by atoms with Gasteiger partial charge in [-0.3, -0.25) is 10.1 Å². The topological polar surface area (TPSA) is 91.8 Å². The highest BCUT2D eigenvalue weighted by molar-refractivity contribution is 5.64. The molecule has 0 bridgehead atoms. The number of nitrogens with one attached hydrogen (secondary N) is 1. The number of halogens is 1. The Kier molecular flexibility index (Phi) is 4.41. The lowest BCUT2D eigenvalue weighted by atomic mass is 10.1. The van der Waals surface area contributed by atoms with Crippen LogP contribution in [-0.4, -0.2) is 16.5 Å². The van der Waals surface area contributed by atoms with Crippen molar-refractivity contribution in [3.8, 4) is 6.07 Å². The van der Waals surface area contributed by atoms with E-state index < -0.39 is 4.92 Å². The maximum atomic E-state index is 13.4. The summed E-state index contributed by atoms with van der Waals surface area (Å²) in [6, 6.07) is 9.34. The van der Waals surface area contributed by atoms with Crippen LogP contribution in [0.2, 0.25) is 0 Å². The van der Waals surface area contributed by atoms with Gasteiger partial charge in [-0.25, -0.2) is 9.37 Å². The molecule has 0 unspecified atom stereocenters. The number of anilines is 1. The monoisotopic (exact) mass is 286 g/mol. The molecule has 0 aliphatic heterocycles. The minimum atomic E-state index is -0.656. The molecule has 1 aromatic carbocycles. The highest BCUT2D eigenvalue weighted by atomic mass is 19.1. The molecular weight excluding hydrogens is 275 g/mol. The van der Waals surface area contributed by atoms with Crippen LogP contribution in [0.4, 0.5) is 15.9 Å². The first kappa shape index (κ1) is 14.4. The van der Waals surface area contributed by atoms with Gasteiger partial charge in [0.15, 0.2) is 0 Å². The molecule has 0 aliphatic carbocycles. The zero-order valence-electron chi connectivity index (χ0n) is 10.9. The van der Waals surface area contributed by atoms with Gasteiger partial charge in [0, 0.05) is 12.7 Å². The van der Waals surface area contributed by atoms with Gasteiger partial charge in [-0.1, -0.05) is 18.2 Å². The van der Waals surface area contributed by atoms with Crippen molar-refractivity contribution in [1.29, 1.82) is 5.26 Å².